The number of H-pyrrole nitrogens is 2. The number of alkyl carbamates (subject to hydrolysis) is 1. The quantitative estimate of drug-likeness (QED) is 0.161. The van der Waals surface area contributed by atoms with E-state index in [1.165, 1.54) is 13.5 Å². The SMILES string of the molecule is COC(=O)NC(C(=O)N1CCCC1c1ncc(-c2ccc(-c3ccc4nc(-c5cnc(C6CCCN6)[nH]5)ccc4c3)cc2)[nH]1)C(C)C. The molecule has 3 aromatic heterocycles. The summed E-state index contributed by atoms with van der Waals surface area (Å²) in [6, 6.07) is 18.3. The van der Waals surface area contributed by atoms with E-state index in [0.29, 0.717) is 12.6 Å². The first-order valence-electron chi connectivity index (χ1n) is 16.4. The Kier molecular flexibility index (Phi) is 8.46. The fraction of sp³-hybridized carbons (Fsp3) is 0.361. The second-order valence-electron chi connectivity index (χ2n) is 12.7. The summed E-state index contributed by atoms with van der Waals surface area (Å²) in [6.45, 7) is 5.47. The number of likely N-dealkylation sites (tertiary alicyclic amines) is 1. The lowest BCUT2D eigenvalue weighted by atomic mass is 10.0. The molecule has 4 N–H and O–H groups in total. The number of fused-ring (bicyclic) bond motifs is 1. The maximum atomic E-state index is 13.5. The van der Waals surface area contributed by atoms with Crippen LogP contribution in [0.2, 0.25) is 0 Å². The van der Waals surface area contributed by atoms with Crippen molar-refractivity contribution in [3.05, 3.63) is 78.6 Å². The standard InChI is InChI=1S/C36H40N8O3/c1-21(2)32(43-36(46)47-3)35(45)44-17-5-7-31(44)34-39-19-29(41-34)23-10-8-22(9-11-23)24-12-14-26-25(18-24)13-15-27(40-26)30-20-38-33(42-30)28-6-4-16-37-28/h8-15,18-21,28,31-32,37H,4-7,16-17H2,1-3H3,(H,38,42)(H,39,41)(H,43,46). The van der Waals surface area contributed by atoms with Crippen molar-refractivity contribution in [2.75, 3.05) is 20.2 Å². The van der Waals surface area contributed by atoms with Crippen molar-refractivity contribution in [3.63, 3.8) is 0 Å². The number of methoxy groups -OCH3 is 1. The lowest BCUT2D eigenvalue weighted by Gasteiger charge is -2.30. The van der Waals surface area contributed by atoms with Gasteiger partial charge in [-0.1, -0.05) is 50.2 Å². The first-order chi connectivity index (χ1) is 22.9. The van der Waals surface area contributed by atoms with E-state index in [2.05, 4.69) is 79.1 Å². The van der Waals surface area contributed by atoms with Gasteiger partial charge in [-0.2, -0.15) is 0 Å². The van der Waals surface area contributed by atoms with Crippen molar-refractivity contribution in [2.45, 2.75) is 57.7 Å². The molecule has 242 valence electrons. The zero-order valence-electron chi connectivity index (χ0n) is 26.9. The molecule has 2 aromatic carbocycles. The second-order valence-corrected chi connectivity index (χ2v) is 12.7. The molecule has 11 heteroatoms. The highest BCUT2D eigenvalue weighted by Gasteiger charge is 2.37. The summed E-state index contributed by atoms with van der Waals surface area (Å²) in [5, 5.41) is 7.26. The smallest absolute Gasteiger partial charge is 0.407 e. The van der Waals surface area contributed by atoms with Crippen LogP contribution in [-0.2, 0) is 9.53 Å². The molecule has 11 nitrogen and oxygen atoms in total. The minimum Gasteiger partial charge on any atom is -0.453 e. The molecule has 2 aliphatic rings. The summed E-state index contributed by atoms with van der Waals surface area (Å²) < 4.78 is 4.75. The number of nitrogens with zero attached hydrogens (tertiary/aromatic N) is 4. The highest BCUT2D eigenvalue weighted by molar-refractivity contribution is 5.87. The first-order valence-corrected chi connectivity index (χ1v) is 16.4. The molecule has 0 aliphatic carbocycles. The van der Waals surface area contributed by atoms with Crippen LogP contribution in [0.1, 0.15) is 63.3 Å². The first kappa shape index (κ1) is 30.6. The molecule has 2 aliphatic heterocycles. The number of nitrogens with one attached hydrogen (secondary N) is 4. The highest BCUT2D eigenvalue weighted by atomic mass is 16.5. The minimum absolute atomic E-state index is 0.0840. The molecule has 7 rings (SSSR count). The van der Waals surface area contributed by atoms with Crippen LogP contribution in [0.3, 0.4) is 0 Å². The van der Waals surface area contributed by atoms with Crippen LogP contribution in [0.5, 0.6) is 0 Å². The van der Waals surface area contributed by atoms with Crippen molar-refractivity contribution < 1.29 is 14.3 Å². The van der Waals surface area contributed by atoms with E-state index in [4.69, 9.17) is 9.72 Å². The topological polar surface area (TPSA) is 141 Å². The predicted molar refractivity (Wildman–Crippen MR) is 180 cm³/mol. The summed E-state index contributed by atoms with van der Waals surface area (Å²) in [5.41, 5.74) is 6.86. The number of pyridine rings is 1. The number of benzene rings is 2. The molecule has 5 heterocycles. The maximum Gasteiger partial charge on any atom is 0.407 e. The van der Waals surface area contributed by atoms with Crippen LogP contribution in [0.4, 0.5) is 4.79 Å². The fourth-order valence-electron chi connectivity index (χ4n) is 6.70. The number of amides is 2. The molecule has 2 amide bonds. The molecular weight excluding hydrogens is 592 g/mol. The number of hydrogen-bond acceptors (Lipinski definition) is 7. The van der Waals surface area contributed by atoms with Crippen LogP contribution in [0.15, 0.2) is 67.0 Å². The Morgan fingerprint density at radius 1 is 0.894 bits per heavy atom. The Morgan fingerprint density at radius 3 is 2.40 bits per heavy atom. The third-order valence-corrected chi connectivity index (χ3v) is 9.32. The van der Waals surface area contributed by atoms with E-state index in [1.54, 1.807) is 0 Å². The van der Waals surface area contributed by atoms with Gasteiger partial charge < -0.3 is 30.2 Å². The molecule has 0 spiro atoms. The number of ether oxygens (including phenoxy) is 1. The van der Waals surface area contributed by atoms with Gasteiger partial charge in [-0.3, -0.25) is 4.79 Å². The molecular formula is C36H40N8O3. The van der Waals surface area contributed by atoms with Crippen molar-refractivity contribution in [2.24, 2.45) is 5.92 Å². The van der Waals surface area contributed by atoms with Gasteiger partial charge in [0.25, 0.3) is 0 Å². The zero-order valence-corrected chi connectivity index (χ0v) is 26.9. The van der Waals surface area contributed by atoms with Gasteiger partial charge in [-0.05, 0) is 73.0 Å². The van der Waals surface area contributed by atoms with E-state index >= 15 is 0 Å². The average molecular weight is 633 g/mol. The number of carbonyl (C=O) groups is 2. The van der Waals surface area contributed by atoms with Crippen LogP contribution >= 0.6 is 0 Å². The number of carbonyl (C=O) groups excluding carboxylic acids is 2. The third kappa shape index (κ3) is 6.23. The Balaban J connectivity index is 1.05. The van der Waals surface area contributed by atoms with Crippen molar-refractivity contribution >= 4 is 22.9 Å². The normalized spacial score (nSPS) is 18.6. The average Bonchev–Trinajstić information content (AvgIpc) is 3.93. The number of hydrogen-bond donors (Lipinski definition) is 4. The Morgan fingerprint density at radius 2 is 1.64 bits per heavy atom. The predicted octanol–water partition coefficient (Wildman–Crippen LogP) is 6.15. The number of aromatic nitrogens is 5. The van der Waals surface area contributed by atoms with Crippen LogP contribution < -0.4 is 10.6 Å². The van der Waals surface area contributed by atoms with Gasteiger partial charge in [-0.25, -0.2) is 19.7 Å². The van der Waals surface area contributed by atoms with Gasteiger partial charge >= 0.3 is 6.09 Å². The van der Waals surface area contributed by atoms with E-state index < -0.39 is 12.1 Å². The van der Waals surface area contributed by atoms with Gasteiger partial charge in [0.05, 0.1) is 54.2 Å². The fourth-order valence-corrected chi connectivity index (χ4v) is 6.70. The van der Waals surface area contributed by atoms with Crippen molar-refractivity contribution in [3.8, 4) is 33.8 Å². The van der Waals surface area contributed by atoms with Crippen molar-refractivity contribution in [1.82, 2.24) is 40.5 Å². The number of aromatic amines is 2. The van der Waals surface area contributed by atoms with E-state index in [1.807, 2.05) is 37.2 Å². The molecule has 5 aromatic rings. The number of rotatable bonds is 8. The maximum absolute atomic E-state index is 13.5. The Labute approximate surface area is 273 Å². The molecule has 0 bridgehead atoms. The molecule has 3 atom stereocenters. The van der Waals surface area contributed by atoms with Gasteiger partial charge in [0.1, 0.15) is 17.7 Å². The van der Waals surface area contributed by atoms with Crippen LogP contribution in [-0.4, -0.2) is 68.1 Å². The highest BCUT2D eigenvalue weighted by Crippen LogP contribution is 2.34. The van der Waals surface area contributed by atoms with Gasteiger partial charge in [0, 0.05) is 11.9 Å². The van der Waals surface area contributed by atoms with E-state index in [9.17, 15) is 9.59 Å². The van der Waals surface area contributed by atoms with Gasteiger partial charge in [0.15, 0.2) is 0 Å². The van der Waals surface area contributed by atoms with E-state index in [0.717, 1.165) is 82.1 Å². The molecule has 47 heavy (non-hydrogen) atoms. The van der Waals surface area contributed by atoms with Crippen LogP contribution in [0, 0.1) is 5.92 Å². The third-order valence-electron chi connectivity index (χ3n) is 9.32. The van der Waals surface area contributed by atoms with Crippen molar-refractivity contribution in [1.29, 1.82) is 0 Å². The lowest BCUT2D eigenvalue weighted by molar-refractivity contribution is -0.135. The Bertz CT molecular complexity index is 1890. The van der Waals surface area contributed by atoms with Crippen LogP contribution in [0.25, 0.3) is 44.7 Å². The minimum atomic E-state index is -0.665. The summed E-state index contributed by atoms with van der Waals surface area (Å²) in [7, 11) is 1.30. The summed E-state index contributed by atoms with van der Waals surface area (Å²) in [4.78, 5) is 48.3. The summed E-state index contributed by atoms with van der Waals surface area (Å²) >= 11 is 0. The molecule has 2 saturated heterocycles. The molecule has 3 unspecified atom stereocenters. The number of imidazole rings is 2. The second kappa shape index (κ2) is 13.0. The molecule has 2 fully saturated rings. The lowest BCUT2D eigenvalue weighted by Crippen LogP contribution is -2.51. The molecule has 0 saturated carbocycles. The summed E-state index contributed by atoms with van der Waals surface area (Å²) in [5.74, 6) is 1.52. The van der Waals surface area contributed by atoms with Gasteiger partial charge in [-0.15, -0.1) is 0 Å². The van der Waals surface area contributed by atoms with E-state index in [-0.39, 0.29) is 17.9 Å². The molecule has 0 radical (unpaired) electrons. The summed E-state index contributed by atoms with van der Waals surface area (Å²) in [6.07, 6.45) is 7.04. The monoisotopic (exact) mass is 632 g/mol. The zero-order chi connectivity index (χ0) is 32.5. The largest absolute Gasteiger partial charge is 0.453 e. The Hall–Kier alpha value is -5.03. The van der Waals surface area contributed by atoms with Gasteiger partial charge in [0.2, 0.25) is 5.91 Å².